The highest BCUT2D eigenvalue weighted by molar-refractivity contribution is 5.94. The zero-order chi connectivity index (χ0) is 14.4. The average Bonchev–Trinajstić information content (AvgIpc) is 2.44. The maximum absolute atomic E-state index is 11.2. The van der Waals surface area contributed by atoms with Crippen molar-refractivity contribution in [1.82, 2.24) is 0 Å². The Hall–Kier alpha value is -1.35. The molecule has 3 heteroatoms. The van der Waals surface area contributed by atoms with E-state index < -0.39 is 0 Å². The van der Waals surface area contributed by atoms with Gasteiger partial charge >= 0.3 is 0 Å². The second kappa shape index (κ2) is 7.44. The summed E-state index contributed by atoms with van der Waals surface area (Å²) in [6.07, 6.45) is 3.85. The second-order valence-corrected chi connectivity index (χ2v) is 5.98. The number of rotatable bonds is 6. The van der Waals surface area contributed by atoms with Crippen LogP contribution < -0.4 is 9.64 Å². The molecule has 0 aliphatic carbocycles. The smallest absolute Gasteiger partial charge is 0.159 e. The molecule has 1 fully saturated rings. The number of ketones is 1. The molecule has 1 aliphatic rings. The van der Waals surface area contributed by atoms with E-state index in [1.807, 2.05) is 24.3 Å². The Morgan fingerprint density at radius 2 is 2.10 bits per heavy atom. The van der Waals surface area contributed by atoms with Gasteiger partial charge in [0, 0.05) is 17.9 Å². The Bertz CT molecular complexity index is 427. The first-order valence-corrected chi connectivity index (χ1v) is 7.72. The standard InChI is InChI=1S/C17H25NO2/c1-14-5-3-10-18(13-14)11-4-12-20-17-8-6-16(7-9-17)15(2)19/h6-9,14H,3-5,10-13H2,1-2H3/p+1/t14-/m1/s1. The number of hydrogen-bond donors (Lipinski definition) is 1. The molecule has 20 heavy (non-hydrogen) atoms. The quantitative estimate of drug-likeness (QED) is 0.636. The molecule has 0 spiro atoms. The number of carbonyl (C=O) groups is 1. The van der Waals surface area contributed by atoms with Gasteiger partial charge < -0.3 is 9.64 Å². The number of hydrogen-bond acceptors (Lipinski definition) is 2. The van der Waals surface area contributed by atoms with Crippen LogP contribution in [0.1, 0.15) is 43.5 Å². The summed E-state index contributed by atoms with van der Waals surface area (Å²) in [5.41, 5.74) is 0.740. The summed E-state index contributed by atoms with van der Waals surface area (Å²) in [7, 11) is 0. The highest BCUT2D eigenvalue weighted by atomic mass is 16.5. The van der Waals surface area contributed by atoms with Crippen LogP contribution >= 0.6 is 0 Å². The molecule has 0 aromatic heterocycles. The molecule has 1 saturated heterocycles. The van der Waals surface area contributed by atoms with Crippen molar-refractivity contribution in [3.05, 3.63) is 29.8 Å². The Balaban J connectivity index is 1.66. The normalized spacial score (nSPS) is 22.5. The van der Waals surface area contributed by atoms with Gasteiger partial charge in [0.05, 0.1) is 26.2 Å². The van der Waals surface area contributed by atoms with Gasteiger partial charge in [-0.3, -0.25) is 4.79 Å². The van der Waals surface area contributed by atoms with E-state index in [0.29, 0.717) is 0 Å². The van der Waals surface area contributed by atoms with Gasteiger partial charge in [-0.15, -0.1) is 0 Å². The molecule has 1 heterocycles. The summed E-state index contributed by atoms with van der Waals surface area (Å²) >= 11 is 0. The summed E-state index contributed by atoms with van der Waals surface area (Å²) in [4.78, 5) is 12.9. The van der Waals surface area contributed by atoms with E-state index in [-0.39, 0.29) is 5.78 Å². The van der Waals surface area contributed by atoms with E-state index in [9.17, 15) is 4.79 Å². The van der Waals surface area contributed by atoms with Gasteiger partial charge in [0.2, 0.25) is 0 Å². The predicted molar refractivity (Wildman–Crippen MR) is 80.5 cm³/mol. The van der Waals surface area contributed by atoms with Gasteiger partial charge in [-0.05, 0) is 44.0 Å². The molecule has 2 rings (SSSR count). The number of quaternary nitrogens is 1. The van der Waals surface area contributed by atoms with Crippen LogP contribution in [0.3, 0.4) is 0 Å². The predicted octanol–water partition coefficient (Wildman–Crippen LogP) is 1.97. The molecule has 3 nitrogen and oxygen atoms in total. The number of carbonyl (C=O) groups excluding carboxylic acids is 1. The molecule has 1 N–H and O–H groups in total. The molecular weight excluding hydrogens is 250 g/mol. The third-order valence-corrected chi connectivity index (χ3v) is 4.07. The van der Waals surface area contributed by atoms with E-state index in [4.69, 9.17) is 4.74 Å². The first-order chi connectivity index (χ1) is 9.65. The summed E-state index contributed by atoms with van der Waals surface area (Å²) in [6, 6.07) is 7.42. The summed E-state index contributed by atoms with van der Waals surface area (Å²) < 4.78 is 5.73. The van der Waals surface area contributed by atoms with Gasteiger partial charge in [0.25, 0.3) is 0 Å². The molecule has 1 aliphatic heterocycles. The van der Waals surface area contributed by atoms with E-state index in [1.54, 1.807) is 11.8 Å². The van der Waals surface area contributed by atoms with Crippen molar-refractivity contribution in [3.8, 4) is 5.75 Å². The number of Topliss-reactive ketones (excluding diaryl/α,β-unsaturated/α-hetero) is 1. The topological polar surface area (TPSA) is 30.7 Å². The Morgan fingerprint density at radius 3 is 2.75 bits per heavy atom. The minimum absolute atomic E-state index is 0.0966. The van der Waals surface area contributed by atoms with Crippen molar-refractivity contribution >= 4 is 5.78 Å². The molecule has 1 aromatic rings. The van der Waals surface area contributed by atoms with Crippen LogP contribution in [0.25, 0.3) is 0 Å². The number of benzene rings is 1. The molecule has 1 unspecified atom stereocenters. The van der Waals surface area contributed by atoms with Gasteiger partial charge in [-0.25, -0.2) is 0 Å². The number of likely N-dealkylation sites (tertiary alicyclic amines) is 1. The minimum atomic E-state index is 0.0966. The van der Waals surface area contributed by atoms with Gasteiger partial charge in [-0.1, -0.05) is 6.92 Å². The molecule has 1 aromatic carbocycles. The van der Waals surface area contributed by atoms with E-state index in [0.717, 1.165) is 30.3 Å². The van der Waals surface area contributed by atoms with Crippen LogP contribution in [0.15, 0.2) is 24.3 Å². The van der Waals surface area contributed by atoms with Crippen LogP contribution in [-0.2, 0) is 0 Å². The molecular formula is C17H26NO2+. The van der Waals surface area contributed by atoms with E-state index in [2.05, 4.69) is 6.92 Å². The fourth-order valence-corrected chi connectivity index (χ4v) is 2.92. The maximum Gasteiger partial charge on any atom is 0.159 e. The van der Waals surface area contributed by atoms with Crippen LogP contribution in [0.4, 0.5) is 0 Å². The first kappa shape index (κ1) is 15.0. The van der Waals surface area contributed by atoms with E-state index >= 15 is 0 Å². The fourth-order valence-electron chi connectivity index (χ4n) is 2.92. The lowest BCUT2D eigenvalue weighted by Crippen LogP contribution is -3.13. The molecule has 0 saturated carbocycles. The third-order valence-electron chi connectivity index (χ3n) is 4.07. The summed E-state index contributed by atoms with van der Waals surface area (Å²) in [6.45, 7) is 8.53. The summed E-state index contributed by atoms with van der Waals surface area (Å²) in [5, 5.41) is 0. The Kier molecular flexibility index (Phi) is 5.60. The summed E-state index contributed by atoms with van der Waals surface area (Å²) in [5.74, 6) is 1.83. The monoisotopic (exact) mass is 276 g/mol. The maximum atomic E-state index is 11.2. The Labute approximate surface area is 121 Å². The SMILES string of the molecule is CC(=O)c1ccc(OCCC[NH+]2CCC[C@@H](C)C2)cc1. The fraction of sp³-hybridized carbons (Fsp3) is 0.588. The van der Waals surface area contributed by atoms with Crippen LogP contribution in [0, 0.1) is 5.92 Å². The van der Waals surface area contributed by atoms with Gasteiger partial charge in [0.15, 0.2) is 5.78 Å². The highest BCUT2D eigenvalue weighted by Crippen LogP contribution is 2.12. The zero-order valence-corrected chi connectivity index (χ0v) is 12.7. The lowest BCUT2D eigenvalue weighted by atomic mass is 10.0. The van der Waals surface area contributed by atoms with Crippen molar-refractivity contribution in [2.75, 3.05) is 26.2 Å². The average molecular weight is 276 g/mol. The number of ether oxygens (including phenoxy) is 1. The molecule has 0 bridgehead atoms. The van der Waals surface area contributed by atoms with Crippen molar-refractivity contribution < 1.29 is 14.4 Å². The van der Waals surface area contributed by atoms with Crippen LogP contribution in [-0.4, -0.2) is 32.0 Å². The number of nitrogens with one attached hydrogen (secondary N) is 1. The second-order valence-electron chi connectivity index (χ2n) is 5.98. The van der Waals surface area contributed by atoms with Gasteiger partial charge in [0.1, 0.15) is 5.75 Å². The van der Waals surface area contributed by atoms with Crippen molar-refractivity contribution in [3.63, 3.8) is 0 Å². The lowest BCUT2D eigenvalue weighted by Gasteiger charge is -2.27. The van der Waals surface area contributed by atoms with Crippen molar-refractivity contribution in [2.24, 2.45) is 5.92 Å². The Morgan fingerprint density at radius 1 is 1.35 bits per heavy atom. The molecule has 110 valence electrons. The van der Waals surface area contributed by atoms with E-state index in [1.165, 1.54) is 32.5 Å². The van der Waals surface area contributed by atoms with Crippen LogP contribution in [0.2, 0.25) is 0 Å². The third kappa shape index (κ3) is 4.64. The molecule has 2 atom stereocenters. The van der Waals surface area contributed by atoms with Crippen molar-refractivity contribution in [1.29, 1.82) is 0 Å². The number of piperidine rings is 1. The van der Waals surface area contributed by atoms with Crippen molar-refractivity contribution in [2.45, 2.75) is 33.1 Å². The lowest BCUT2D eigenvalue weighted by molar-refractivity contribution is -0.908. The first-order valence-electron chi connectivity index (χ1n) is 7.72. The minimum Gasteiger partial charge on any atom is -0.493 e. The van der Waals surface area contributed by atoms with Crippen LogP contribution in [0.5, 0.6) is 5.75 Å². The highest BCUT2D eigenvalue weighted by Gasteiger charge is 2.18. The molecule has 0 amide bonds. The van der Waals surface area contributed by atoms with Gasteiger partial charge in [-0.2, -0.15) is 0 Å². The largest absolute Gasteiger partial charge is 0.493 e. The molecule has 0 radical (unpaired) electrons. The zero-order valence-electron chi connectivity index (χ0n) is 12.7.